The normalized spacial score (nSPS) is 50.7. The van der Waals surface area contributed by atoms with Crippen molar-refractivity contribution in [3.8, 4) is 0 Å². The number of hydrogen-bond donors (Lipinski definition) is 36. The van der Waals surface area contributed by atoms with Crippen LogP contribution in [0.2, 0.25) is 0 Å². The molecule has 0 aromatic carbocycles. The van der Waals surface area contributed by atoms with Crippen molar-refractivity contribution >= 4 is 23.6 Å². The van der Waals surface area contributed by atoms with Crippen LogP contribution in [0, 0.1) is 0 Å². The van der Waals surface area contributed by atoms with E-state index in [0.717, 1.165) is 27.7 Å². The maximum atomic E-state index is 14.2. The fourth-order valence-electron chi connectivity index (χ4n) is 18.8. The minimum Gasteiger partial charge on any atom is -0.394 e. The van der Waals surface area contributed by atoms with Crippen LogP contribution in [0.15, 0.2) is 0 Å². The van der Waals surface area contributed by atoms with Gasteiger partial charge in [0.1, 0.15) is 281 Å². The first-order valence-corrected chi connectivity index (χ1v) is 45.9. The predicted molar refractivity (Wildman–Crippen MR) is 439 cm³/mol. The average Bonchev–Trinajstić information content (AvgIpc) is 0.756. The molecule has 12 aliphatic heterocycles. The van der Waals surface area contributed by atoms with E-state index in [2.05, 4.69) is 21.3 Å². The number of aliphatic hydroxyl groups is 32. The van der Waals surface area contributed by atoms with Crippen LogP contribution < -0.4 is 21.3 Å². The minimum atomic E-state index is -2.80. The topological polar surface area (TPSA) is 976 Å². The average molecular weight is 2100 g/mol. The maximum Gasteiger partial charge on any atom is 0.217 e. The summed E-state index contributed by atoms with van der Waals surface area (Å²) in [6.45, 7) is -6.23. The molecule has 12 aliphatic rings. The summed E-state index contributed by atoms with van der Waals surface area (Å²) in [5, 5.41) is 373. The summed E-state index contributed by atoms with van der Waals surface area (Å²) < 4.78 is 140. The Morgan fingerprint density at radius 3 is 0.860 bits per heavy atom. The zero-order valence-corrected chi connectivity index (χ0v) is 77.0. The van der Waals surface area contributed by atoms with Gasteiger partial charge in [0.15, 0.2) is 75.5 Å². The molecule has 0 aliphatic carbocycles. The molecule has 12 heterocycles. The third-order valence-corrected chi connectivity index (χ3v) is 26.6. The van der Waals surface area contributed by atoms with Crippen LogP contribution in [0.5, 0.6) is 0 Å². The Morgan fingerprint density at radius 2 is 0.441 bits per heavy atom. The largest absolute Gasteiger partial charge is 0.394 e. The third kappa shape index (κ3) is 25.6. The molecule has 36 N–H and O–H groups in total. The Balaban J connectivity index is 0.966. The van der Waals surface area contributed by atoms with Gasteiger partial charge in [0, 0.05) is 27.7 Å². The van der Waals surface area contributed by atoms with E-state index in [0.29, 0.717) is 0 Å². The van der Waals surface area contributed by atoms with Crippen LogP contribution >= 0.6 is 0 Å². The van der Waals surface area contributed by atoms with E-state index in [1.807, 2.05) is 0 Å². The van der Waals surface area contributed by atoms with Crippen molar-refractivity contribution in [1.29, 1.82) is 0 Å². The second kappa shape index (κ2) is 51.0. The van der Waals surface area contributed by atoms with Crippen molar-refractivity contribution in [3.63, 3.8) is 0 Å². The summed E-state index contributed by atoms with van der Waals surface area (Å²) in [6.07, 6.45) is -123. The number of ether oxygens (including phenoxy) is 23. The lowest BCUT2D eigenvalue weighted by Crippen LogP contribution is -2.72. The Kier molecular flexibility index (Phi) is 41.8. The number of amides is 4. The molecule has 0 bridgehead atoms. The SMILES string of the molecule is CC(=O)N[C@H]1[C@H](O[C@H]2[C@H](O)[C@@H](NC(C)=O)C(O)O[C@@H]2CO)O[C@H](CO)[C@@H](O[C@@H]2O[C@H](CO[C@H]3O[C@H](CO)[C@@H](O)[C@H](O[C@H]4O[C@H](CO)[C@@H](O)[C@H](O)[C@@H]4O)[C@@H]3O)[C@@H](O)[C@H](O[C@H]3O[C@H](CO)[C@@H](O[C@@H]4O[C@H](CO)[C@@H](O[C@@H]5O[C@H](CO)[C@H](O)[C@H](O)[C@H]5O)[C@H](O)[C@H]4NC(C)=O)[C@H](O)[C@@H]3O[C@@H]3O[C@H](CO)[C@@H](O[C@@H]4O[C@H](CO)[C@H](O)[C@H](O)[C@H]4O[C@@H]4O[C@@H](C)[C@@H](O)[C@@H](O)[C@@H]4O)[C@H](O[C@@H]4O[C@@H](C)[C@@H](O)[C@@H](O)[C@@H]4O)[C@H]3NC(C)=O)[C@@H]2O)[C@@H]1O. The lowest BCUT2D eigenvalue weighted by molar-refractivity contribution is -0.413. The summed E-state index contributed by atoms with van der Waals surface area (Å²) in [7, 11) is 0. The van der Waals surface area contributed by atoms with Crippen LogP contribution in [0.1, 0.15) is 41.5 Å². The summed E-state index contributed by atoms with van der Waals surface area (Å²) in [5.74, 6) is -4.06. The molecule has 4 amide bonds. The second-order valence-electron chi connectivity index (χ2n) is 36.6. The van der Waals surface area contributed by atoms with Crippen molar-refractivity contribution < 1.29 is 292 Å². The molecule has 0 aromatic heterocycles. The first-order valence-electron chi connectivity index (χ1n) is 45.9. The summed E-state index contributed by atoms with van der Waals surface area (Å²) in [5.41, 5.74) is 0. The van der Waals surface area contributed by atoms with Crippen molar-refractivity contribution in [2.75, 3.05) is 66.1 Å². The van der Waals surface area contributed by atoms with Gasteiger partial charge in [-0.1, -0.05) is 0 Å². The lowest BCUT2D eigenvalue weighted by atomic mass is 9.93. The Bertz CT molecular complexity index is 3960. The smallest absolute Gasteiger partial charge is 0.217 e. The fourth-order valence-corrected chi connectivity index (χ4v) is 18.8. The van der Waals surface area contributed by atoms with Crippen molar-refractivity contribution in [1.82, 2.24) is 21.3 Å². The molecule has 0 aromatic rings. The zero-order valence-electron chi connectivity index (χ0n) is 77.0. The van der Waals surface area contributed by atoms with Gasteiger partial charge in [0.2, 0.25) is 23.6 Å². The van der Waals surface area contributed by atoms with Crippen molar-refractivity contribution in [3.05, 3.63) is 0 Å². The highest BCUT2D eigenvalue weighted by atomic mass is 16.8. The van der Waals surface area contributed by atoms with Gasteiger partial charge in [-0.3, -0.25) is 19.2 Å². The van der Waals surface area contributed by atoms with Crippen LogP contribution in [0.4, 0.5) is 0 Å². The molecule has 12 rings (SSSR count). The van der Waals surface area contributed by atoms with Crippen LogP contribution in [-0.4, -0.2) is 621 Å². The number of carbonyl (C=O) groups is 4. The maximum absolute atomic E-state index is 14.2. The number of rotatable bonds is 36. The van der Waals surface area contributed by atoms with Gasteiger partial charge >= 0.3 is 0 Å². The fraction of sp³-hybridized carbons (Fsp3) is 0.950. The van der Waals surface area contributed by atoms with Crippen LogP contribution in [-0.2, 0) is 128 Å². The van der Waals surface area contributed by atoms with E-state index >= 15 is 0 Å². The van der Waals surface area contributed by atoms with Gasteiger partial charge in [0.25, 0.3) is 0 Å². The van der Waals surface area contributed by atoms with E-state index in [-0.39, 0.29) is 0 Å². The number of aliphatic hydroxyl groups excluding tert-OH is 32. The first-order chi connectivity index (χ1) is 67.6. The molecular weight excluding hydrogens is 1960 g/mol. The molecule has 12 saturated heterocycles. The second-order valence-corrected chi connectivity index (χ2v) is 36.6. The molecule has 143 heavy (non-hydrogen) atoms. The van der Waals surface area contributed by atoms with Crippen molar-refractivity contribution in [2.24, 2.45) is 0 Å². The molecule has 63 nitrogen and oxygen atoms in total. The first kappa shape index (κ1) is 117. The summed E-state index contributed by atoms with van der Waals surface area (Å²) in [6, 6.07) is -8.18. The third-order valence-electron chi connectivity index (χ3n) is 26.6. The molecule has 60 atom stereocenters. The van der Waals surface area contributed by atoms with Crippen LogP contribution in [0.3, 0.4) is 0 Å². The van der Waals surface area contributed by atoms with Gasteiger partial charge in [-0.2, -0.15) is 0 Å². The highest BCUT2D eigenvalue weighted by molar-refractivity contribution is 5.74. The quantitative estimate of drug-likeness (QED) is 0.0277. The molecule has 0 spiro atoms. The van der Waals surface area contributed by atoms with Gasteiger partial charge in [-0.15, -0.1) is 0 Å². The summed E-state index contributed by atoms with van der Waals surface area (Å²) in [4.78, 5) is 53.1. The number of hydrogen-bond acceptors (Lipinski definition) is 59. The predicted octanol–water partition coefficient (Wildman–Crippen LogP) is -24.5. The van der Waals surface area contributed by atoms with E-state index in [4.69, 9.17) is 109 Å². The van der Waals surface area contributed by atoms with Crippen LogP contribution in [0.25, 0.3) is 0 Å². The molecule has 0 saturated carbocycles. The van der Waals surface area contributed by atoms with Crippen molar-refractivity contribution in [2.45, 2.75) is 410 Å². The standard InChI is InChI=1S/C80H134N4O59/c1-17-37(98)47(108)52(113)74(122-17)139-64-36(84-22(6)97)72(131-31(15-93)63(64)138-79-67(51(112)41(102)25(9-87)128-79)143-75-53(114)48(109)38(99)18(2)123-75)142-68-56(117)62(135-71-35(83-21(5)96)45(106)60(28(12-90)130-71)136-76-54(115)49(110)39(100)23(7-85)126-76)30(14-92)132-80(68)141-66-43(104)32(16-121-73-57(118)65(42(103)26(10-88)125-73)140-77-55(116)50(111)40(101)24(8-86)127-77)133-78(58(66)119)137-61-29(13-91)129-70(34(46(61)107)82-20(4)95)134-59-27(11-89)124-69(120)33(44(59)105)81-19(3)94/h17-18,23-80,85-93,98-120H,7-16H2,1-6H3,(H,81,94)(H,82,95)(H,83,96)(H,84,97)/t17-,18-,23+,24+,25+,26+,27+,28+,29+,30+,31+,32+,33+,34+,35+,36+,37+,38+,39-,40+,41-,42+,43+,44+,45+,46+,47+,48+,49-,50-,51-,52-,53-,54+,55-,56-,57-,58-,59+,60+,61+,62+,63+,64+,65-,66-,67+,68-,69?,70-,71-,72-,73-,74-,75-,76-,77+,78-,79-,80+/m0/s1. The van der Waals surface area contributed by atoms with E-state index in [1.54, 1.807) is 0 Å². The monoisotopic (exact) mass is 2090 g/mol. The number of nitrogens with one attached hydrogen (secondary N) is 4. The lowest BCUT2D eigenvalue weighted by Gasteiger charge is -2.53. The van der Waals surface area contributed by atoms with E-state index in [1.165, 1.54) is 13.8 Å². The highest BCUT2D eigenvalue weighted by Crippen LogP contribution is 2.44. The van der Waals surface area contributed by atoms with E-state index in [9.17, 15) is 183 Å². The molecule has 828 valence electrons. The van der Waals surface area contributed by atoms with Gasteiger partial charge < -0.3 is 294 Å². The molecule has 0 radical (unpaired) electrons. The molecule has 63 heteroatoms. The molecule has 1 unspecified atom stereocenters. The highest BCUT2D eigenvalue weighted by Gasteiger charge is 2.64. The van der Waals surface area contributed by atoms with E-state index < -0.39 is 458 Å². The minimum absolute atomic E-state index is 0.828. The van der Waals surface area contributed by atoms with Gasteiger partial charge in [-0.05, 0) is 13.8 Å². The Labute approximate surface area is 809 Å². The Hall–Kier alpha value is -4.32. The molecule has 12 fully saturated rings. The Morgan fingerprint density at radius 1 is 0.196 bits per heavy atom. The summed E-state index contributed by atoms with van der Waals surface area (Å²) >= 11 is 0. The van der Waals surface area contributed by atoms with Gasteiger partial charge in [0.05, 0.1) is 78.3 Å². The molecular formula is C80H134N4O59. The number of carbonyl (C=O) groups excluding carboxylic acids is 4. The van der Waals surface area contributed by atoms with Gasteiger partial charge in [-0.25, -0.2) is 0 Å². The zero-order chi connectivity index (χ0) is 105.